The summed E-state index contributed by atoms with van der Waals surface area (Å²) < 4.78 is 11.2. The van der Waals surface area contributed by atoms with Crippen LogP contribution in [0.25, 0.3) is 0 Å². The first-order valence-corrected chi connectivity index (χ1v) is 10.7. The van der Waals surface area contributed by atoms with E-state index in [4.69, 9.17) is 9.15 Å². The molecule has 1 aromatic heterocycles. The number of furan rings is 1. The molecule has 3 aromatic rings. The van der Waals surface area contributed by atoms with Crippen molar-refractivity contribution in [2.75, 3.05) is 5.32 Å². The average Bonchev–Trinajstić information content (AvgIpc) is 3.55. The largest absolute Gasteiger partial charge is 0.490 e. The van der Waals surface area contributed by atoms with Crippen LogP contribution >= 0.6 is 0 Å². The van der Waals surface area contributed by atoms with E-state index in [1.54, 1.807) is 30.3 Å². The number of benzene rings is 2. The van der Waals surface area contributed by atoms with E-state index in [1.165, 1.54) is 31.2 Å². The minimum Gasteiger partial charge on any atom is -0.490 e. The van der Waals surface area contributed by atoms with Gasteiger partial charge in [-0.2, -0.15) is 0 Å². The van der Waals surface area contributed by atoms with Crippen LogP contribution in [0.5, 0.6) is 5.75 Å². The number of nitrogens with zero attached hydrogens (tertiary/aromatic N) is 1. The molecule has 0 radical (unpaired) electrons. The molecule has 32 heavy (non-hydrogen) atoms. The molecule has 0 spiro atoms. The van der Waals surface area contributed by atoms with Gasteiger partial charge in [-0.25, -0.2) is 0 Å². The Morgan fingerprint density at radius 1 is 1.00 bits per heavy atom. The summed E-state index contributed by atoms with van der Waals surface area (Å²) in [6, 6.07) is 15.2. The molecule has 3 amide bonds. The minimum atomic E-state index is -0.440. The molecule has 0 atom stereocenters. The number of hydrogen-bond donors (Lipinski definition) is 1. The first kappa shape index (κ1) is 20.1. The normalized spacial score (nSPS) is 15.8. The molecule has 0 unspecified atom stereocenters. The second-order valence-corrected chi connectivity index (χ2v) is 8.04. The quantitative estimate of drug-likeness (QED) is 0.575. The topological polar surface area (TPSA) is 88.8 Å². The summed E-state index contributed by atoms with van der Waals surface area (Å²) in [6.45, 7) is 0.0517. The highest BCUT2D eigenvalue weighted by atomic mass is 16.5. The maximum absolute atomic E-state index is 12.8. The van der Waals surface area contributed by atoms with Crippen molar-refractivity contribution in [2.45, 2.75) is 38.3 Å². The number of amides is 3. The Bertz CT molecular complexity index is 1160. The van der Waals surface area contributed by atoms with Gasteiger partial charge in [0.15, 0.2) is 0 Å². The number of carbonyl (C=O) groups excluding carboxylic acids is 3. The third-order valence-electron chi connectivity index (χ3n) is 5.84. The van der Waals surface area contributed by atoms with Crippen LogP contribution < -0.4 is 10.1 Å². The number of imide groups is 1. The number of rotatable bonds is 6. The van der Waals surface area contributed by atoms with Crippen molar-refractivity contribution in [1.82, 2.24) is 4.90 Å². The summed E-state index contributed by atoms with van der Waals surface area (Å²) in [4.78, 5) is 39.2. The third-order valence-corrected chi connectivity index (χ3v) is 5.84. The summed E-state index contributed by atoms with van der Waals surface area (Å²) in [5.74, 6) is 0.101. The molecule has 1 aliphatic heterocycles. The van der Waals surface area contributed by atoms with Crippen molar-refractivity contribution in [3.05, 3.63) is 83.3 Å². The number of anilines is 1. The van der Waals surface area contributed by atoms with Gasteiger partial charge in [-0.1, -0.05) is 0 Å². The molecule has 7 nitrogen and oxygen atoms in total. The lowest BCUT2D eigenvalue weighted by Gasteiger charge is -2.13. The fourth-order valence-electron chi connectivity index (χ4n) is 4.15. The number of carbonyl (C=O) groups is 3. The maximum Gasteiger partial charge on any atom is 0.261 e. The van der Waals surface area contributed by atoms with Crippen LogP contribution in [0.4, 0.5) is 5.69 Å². The molecule has 2 aromatic carbocycles. The van der Waals surface area contributed by atoms with Gasteiger partial charge in [-0.05, 0) is 80.3 Å². The summed E-state index contributed by atoms with van der Waals surface area (Å²) >= 11 is 0. The Labute approximate surface area is 185 Å². The predicted octanol–water partition coefficient (Wildman–Crippen LogP) is 4.65. The van der Waals surface area contributed by atoms with Crippen LogP contribution in [0.2, 0.25) is 0 Å². The Morgan fingerprint density at radius 3 is 2.47 bits per heavy atom. The molecule has 1 aliphatic carbocycles. The van der Waals surface area contributed by atoms with Crippen molar-refractivity contribution >= 4 is 23.4 Å². The summed E-state index contributed by atoms with van der Waals surface area (Å²) in [7, 11) is 0. The summed E-state index contributed by atoms with van der Waals surface area (Å²) in [6.07, 6.45) is 6.33. The first-order chi connectivity index (χ1) is 15.6. The standard InChI is InChI=1S/C25H22N2O5/c28-23(26-17-8-10-19(11-9-17)32-18-4-1-2-5-18)16-7-12-21-22(14-16)25(30)27(24(21)29)15-20-6-3-13-31-20/h3,6-14,18H,1-2,4-5,15H2,(H,26,28). The predicted molar refractivity (Wildman–Crippen MR) is 117 cm³/mol. The smallest absolute Gasteiger partial charge is 0.261 e. The zero-order valence-corrected chi connectivity index (χ0v) is 17.4. The van der Waals surface area contributed by atoms with E-state index in [1.807, 2.05) is 12.1 Å². The molecular weight excluding hydrogens is 408 g/mol. The van der Waals surface area contributed by atoms with Gasteiger partial charge >= 0.3 is 0 Å². The van der Waals surface area contributed by atoms with E-state index in [0.29, 0.717) is 17.0 Å². The Hall–Kier alpha value is -3.87. The fourth-order valence-corrected chi connectivity index (χ4v) is 4.15. The van der Waals surface area contributed by atoms with Crippen LogP contribution in [0.15, 0.2) is 65.3 Å². The van der Waals surface area contributed by atoms with E-state index < -0.39 is 11.8 Å². The highest BCUT2D eigenvalue weighted by molar-refractivity contribution is 6.22. The number of hydrogen-bond acceptors (Lipinski definition) is 5. The Kier molecular flexibility index (Phi) is 5.23. The van der Waals surface area contributed by atoms with Crippen molar-refractivity contribution in [2.24, 2.45) is 0 Å². The Morgan fingerprint density at radius 2 is 1.75 bits per heavy atom. The van der Waals surface area contributed by atoms with Gasteiger partial charge in [0.05, 0.1) is 30.0 Å². The van der Waals surface area contributed by atoms with Gasteiger partial charge in [0.2, 0.25) is 0 Å². The average molecular weight is 430 g/mol. The number of fused-ring (bicyclic) bond motifs is 1. The number of ether oxygens (including phenoxy) is 1. The van der Waals surface area contributed by atoms with Gasteiger partial charge in [-0.3, -0.25) is 19.3 Å². The molecule has 2 heterocycles. The maximum atomic E-state index is 12.8. The Balaban J connectivity index is 1.27. The fraction of sp³-hybridized carbons (Fsp3) is 0.240. The van der Waals surface area contributed by atoms with Crippen LogP contribution in [-0.4, -0.2) is 28.7 Å². The van der Waals surface area contributed by atoms with E-state index in [0.717, 1.165) is 23.5 Å². The van der Waals surface area contributed by atoms with E-state index >= 15 is 0 Å². The van der Waals surface area contributed by atoms with Gasteiger partial charge in [0, 0.05) is 11.3 Å². The molecular formula is C25H22N2O5. The molecule has 1 N–H and O–H groups in total. The first-order valence-electron chi connectivity index (χ1n) is 10.7. The molecule has 162 valence electrons. The van der Waals surface area contributed by atoms with Crippen molar-refractivity contribution in [1.29, 1.82) is 0 Å². The highest BCUT2D eigenvalue weighted by Crippen LogP contribution is 2.27. The van der Waals surface area contributed by atoms with Crippen LogP contribution in [0, 0.1) is 0 Å². The van der Waals surface area contributed by atoms with E-state index in [9.17, 15) is 14.4 Å². The SMILES string of the molecule is O=C(Nc1ccc(OC2CCCC2)cc1)c1ccc2c(c1)C(=O)N(Cc1ccco1)C2=O. The lowest BCUT2D eigenvalue weighted by molar-refractivity contribution is 0.0631. The van der Waals surface area contributed by atoms with Gasteiger partial charge in [0.1, 0.15) is 11.5 Å². The van der Waals surface area contributed by atoms with Crippen LogP contribution in [0.1, 0.15) is 62.5 Å². The zero-order valence-electron chi connectivity index (χ0n) is 17.4. The minimum absolute atomic E-state index is 0.0517. The lowest BCUT2D eigenvalue weighted by atomic mass is 10.1. The van der Waals surface area contributed by atoms with Crippen molar-refractivity contribution in [3.63, 3.8) is 0 Å². The second-order valence-electron chi connectivity index (χ2n) is 8.04. The molecule has 0 bridgehead atoms. The summed E-state index contributed by atoms with van der Waals surface area (Å²) in [5.41, 5.74) is 1.42. The van der Waals surface area contributed by atoms with Crippen LogP contribution in [-0.2, 0) is 6.54 Å². The monoisotopic (exact) mass is 430 g/mol. The van der Waals surface area contributed by atoms with Gasteiger partial charge < -0.3 is 14.5 Å². The molecule has 5 rings (SSSR count). The molecule has 2 aliphatic rings. The molecule has 7 heteroatoms. The van der Waals surface area contributed by atoms with Gasteiger partial charge in [-0.15, -0.1) is 0 Å². The van der Waals surface area contributed by atoms with Crippen molar-refractivity contribution < 1.29 is 23.5 Å². The number of nitrogens with one attached hydrogen (secondary N) is 1. The van der Waals surface area contributed by atoms with Crippen LogP contribution in [0.3, 0.4) is 0 Å². The highest BCUT2D eigenvalue weighted by Gasteiger charge is 2.36. The zero-order chi connectivity index (χ0) is 22.1. The van der Waals surface area contributed by atoms with E-state index in [2.05, 4.69) is 5.32 Å². The molecule has 1 saturated carbocycles. The lowest BCUT2D eigenvalue weighted by Crippen LogP contribution is -2.28. The van der Waals surface area contributed by atoms with E-state index in [-0.39, 0.29) is 29.7 Å². The summed E-state index contributed by atoms with van der Waals surface area (Å²) in [5, 5.41) is 2.82. The third kappa shape index (κ3) is 3.89. The van der Waals surface area contributed by atoms with Crippen molar-refractivity contribution in [3.8, 4) is 5.75 Å². The molecule has 0 saturated heterocycles. The second kappa shape index (κ2) is 8.34. The molecule has 1 fully saturated rings. The van der Waals surface area contributed by atoms with Gasteiger partial charge in [0.25, 0.3) is 17.7 Å².